The Labute approximate surface area is 139 Å². The normalized spacial score (nSPS) is 16.9. The minimum Gasteiger partial charge on any atom is -0.494 e. The molecule has 1 fully saturated rings. The van der Waals surface area contributed by atoms with Crippen LogP contribution in [0.5, 0.6) is 5.75 Å². The van der Waals surface area contributed by atoms with E-state index in [0.717, 1.165) is 51.0 Å². The SMILES string of the molecule is CCCCOc1ccc(CCNC(=O)C2CCCN2)cc1.Cl. The Bertz CT molecular complexity index is 431. The van der Waals surface area contributed by atoms with E-state index in [2.05, 4.69) is 29.7 Å². The van der Waals surface area contributed by atoms with E-state index in [9.17, 15) is 4.79 Å². The van der Waals surface area contributed by atoms with Crippen molar-refractivity contribution in [3.63, 3.8) is 0 Å². The fourth-order valence-electron chi connectivity index (χ4n) is 2.45. The molecule has 2 N–H and O–H groups in total. The van der Waals surface area contributed by atoms with Gasteiger partial charge >= 0.3 is 0 Å². The van der Waals surface area contributed by atoms with Gasteiger partial charge < -0.3 is 15.4 Å². The smallest absolute Gasteiger partial charge is 0.237 e. The van der Waals surface area contributed by atoms with E-state index in [-0.39, 0.29) is 24.4 Å². The summed E-state index contributed by atoms with van der Waals surface area (Å²) in [5.74, 6) is 1.05. The van der Waals surface area contributed by atoms with Crippen LogP contribution in [0.2, 0.25) is 0 Å². The van der Waals surface area contributed by atoms with E-state index in [4.69, 9.17) is 4.74 Å². The highest BCUT2D eigenvalue weighted by atomic mass is 35.5. The number of amides is 1. The van der Waals surface area contributed by atoms with Gasteiger partial charge in [0.05, 0.1) is 12.6 Å². The zero-order valence-electron chi connectivity index (χ0n) is 13.3. The predicted molar refractivity (Wildman–Crippen MR) is 91.8 cm³/mol. The van der Waals surface area contributed by atoms with Gasteiger partial charge in [-0.1, -0.05) is 25.5 Å². The highest BCUT2D eigenvalue weighted by Crippen LogP contribution is 2.13. The van der Waals surface area contributed by atoms with Crippen LogP contribution < -0.4 is 15.4 Å². The Hall–Kier alpha value is -1.26. The Morgan fingerprint density at radius 2 is 2.14 bits per heavy atom. The van der Waals surface area contributed by atoms with Gasteiger partial charge in [0.1, 0.15) is 5.75 Å². The number of hydrogen-bond donors (Lipinski definition) is 2. The number of rotatable bonds is 8. The van der Waals surface area contributed by atoms with E-state index >= 15 is 0 Å². The minimum absolute atomic E-state index is 0. The number of nitrogens with one attached hydrogen (secondary N) is 2. The first-order chi connectivity index (χ1) is 10.3. The van der Waals surface area contributed by atoms with Gasteiger partial charge in [0, 0.05) is 6.54 Å². The summed E-state index contributed by atoms with van der Waals surface area (Å²) in [6, 6.07) is 8.17. The molecule has 0 spiro atoms. The topological polar surface area (TPSA) is 50.4 Å². The maximum absolute atomic E-state index is 11.8. The number of carbonyl (C=O) groups excluding carboxylic acids is 1. The molecule has 0 aromatic heterocycles. The summed E-state index contributed by atoms with van der Waals surface area (Å²) < 4.78 is 5.63. The van der Waals surface area contributed by atoms with Gasteiger partial charge in [0.2, 0.25) is 5.91 Å². The second-order valence-electron chi connectivity index (χ2n) is 5.54. The average molecular weight is 327 g/mol. The van der Waals surface area contributed by atoms with Gasteiger partial charge in [-0.25, -0.2) is 0 Å². The molecule has 0 bridgehead atoms. The molecule has 1 saturated heterocycles. The fourth-order valence-corrected chi connectivity index (χ4v) is 2.45. The van der Waals surface area contributed by atoms with Crippen molar-refractivity contribution in [2.75, 3.05) is 19.7 Å². The van der Waals surface area contributed by atoms with E-state index in [0.29, 0.717) is 6.54 Å². The molecular weight excluding hydrogens is 300 g/mol. The van der Waals surface area contributed by atoms with E-state index in [1.807, 2.05) is 12.1 Å². The van der Waals surface area contributed by atoms with Crippen LogP contribution in [0, 0.1) is 0 Å². The van der Waals surface area contributed by atoms with Crippen molar-refractivity contribution in [2.45, 2.75) is 45.1 Å². The number of unbranched alkanes of at least 4 members (excludes halogenated alkanes) is 1. The molecule has 1 aliphatic rings. The summed E-state index contributed by atoms with van der Waals surface area (Å²) in [7, 11) is 0. The summed E-state index contributed by atoms with van der Waals surface area (Å²) >= 11 is 0. The van der Waals surface area contributed by atoms with Crippen LogP contribution in [0.3, 0.4) is 0 Å². The van der Waals surface area contributed by atoms with Gasteiger partial charge in [-0.15, -0.1) is 12.4 Å². The molecule has 0 radical (unpaired) electrons. The van der Waals surface area contributed by atoms with Crippen molar-refractivity contribution in [3.05, 3.63) is 29.8 Å². The summed E-state index contributed by atoms with van der Waals surface area (Å²) in [5.41, 5.74) is 1.22. The molecular formula is C17H27ClN2O2. The molecule has 1 atom stereocenters. The first-order valence-corrected chi connectivity index (χ1v) is 8.02. The molecule has 2 rings (SSSR count). The van der Waals surface area contributed by atoms with Crippen LogP contribution in [-0.2, 0) is 11.2 Å². The summed E-state index contributed by atoms with van der Waals surface area (Å²) in [5, 5.41) is 6.21. The Kier molecular flexibility index (Phi) is 8.94. The number of hydrogen-bond acceptors (Lipinski definition) is 3. The molecule has 0 saturated carbocycles. The van der Waals surface area contributed by atoms with Crippen molar-refractivity contribution in [1.29, 1.82) is 0 Å². The lowest BCUT2D eigenvalue weighted by Crippen LogP contribution is -2.41. The van der Waals surface area contributed by atoms with Gasteiger partial charge in [-0.3, -0.25) is 4.79 Å². The quantitative estimate of drug-likeness (QED) is 0.722. The van der Waals surface area contributed by atoms with Crippen LogP contribution in [0.4, 0.5) is 0 Å². The maximum Gasteiger partial charge on any atom is 0.237 e. The van der Waals surface area contributed by atoms with E-state index < -0.39 is 0 Å². The first kappa shape index (κ1) is 18.8. The number of halogens is 1. The molecule has 0 aliphatic carbocycles. The second-order valence-corrected chi connectivity index (χ2v) is 5.54. The Balaban J connectivity index is 0.00000242. The lowest BCUT2D eigenvalue weighted by molar-refractivity contribution is -0.122. The maximum atomic E-state index is 11.8. The molecule has 1 unspecified atom stereocenters. The third kappa shape index (κ3) is 6.24. The molecule has 124 valence electrons. The van der Waals surface area contributed by atoms with E-state index in [1.165, 1.54) is 5.56 Å². The monoisotopic (exact) mass is 326 g/mol. The van der Waals surface area contributed by atoms with Crippen molar-refractivity contribution < 1.29 is 9.53 Å². The Morgan fingerprint density at radius 3 is 2.77 bits per heavy atom. The van der Waals surface area contributed by atoms with Crippen LogP contribution in [0.25, 0.3) is 0 Å². The highest BCUT2D eigenvalue weighted by molar-refractivity contribution is 5.85. The molecule has 1 aromatic rings. The van der Waals surface area contributed by atoms with Crippen molar-refractivity contribution in [2.24, 2.45) is 0 Å². The Morgan fingerprint density at radius 1 is 1.36 bits per heavy atom. The zero-order chi connectivity index (χ0) is 14.9. The first-order valence-electron chi connectivity index (χ1n) is 8.02. The number of benzene rings is 1. The predicted octanol–water partition coefficient (Wildman–Crippen LogP) is 2.70. The van der Waals surface area contributed by atoms with Crippen molar-refractivity contribution in [1.82, 2.24) is 10.6 Å². The highest BCUT2D eigenvalue weighted by Gasteiger charge is 2.21. The van der Waals surface area contributed by atoms with Gasteiger partial charge in [0.25, 0.3) is 0 Å². The van der Waals surface area contributed by atoms with Gasteiger partial charge in [-0.05, 0) is 49.9 Å². The average Bonchev–Trinajstić information content (AvgIpc) is 3.03. The van der Waals surface area contributed by atoms with Gasteiger partial charge in [0.15, 0.2) is 0 Å². The van der Waals surface area contributed by atoms with Crippen LogP contribution in [0.1, 0.15) is 38.2 Å². The molecule has 4 nitrogen and oxygen atoms in total. The van der Waals surface area contributed by atoms with Gasteiger partial charge in [-0.2, -0.15) is 0 Å². The van der Waals surface area contributed by atoms with Crippen molar-refractivity contribution in [3.8, 4) is 5.75 Å². The van der Waals surface area contributed by atoms with Crippen LogP contribution in [0.15, 0.2) is 24.3 Å². The molecule has 1 aliphatic heterocycles. The third-order valence-corrected chi connectivity index (χ3v) is 3.78. The molecule has 1 amide bonds. The lowest BCUT2D eigenvalue weighted by Gasteiger charge is -2.11. The zero-order valence-corrected chi connectivity index (χ0v) is 14.1. The molecule has 1 heterocycles. The summed E-state index contributed by atoms with van der Waals surface area (Å²) in [6.45, 7) is 4.58. The summed E-state index contributed by atoms with van der Waals surface area (Å²) in [6.07, 6.45) is 5.14. The minimum atomic E-state index is 0. The standard InChI is InChI=1S/C17H26N2O2.ClH/c1-2-3-13-21-15-8-6-14(7-9-15)10-12-19-17(20)16-5-4-11-18-16;/h6-9,16,18H,2-5,10-13H2,1H3,(H,19,20);1H. The number of carbonyl (C=O) groups is 1. The third-order valence-electron chi connectivity index (χ3n) is 3.78. The summed E-state index contributed by atoms with van der Waals surface area (Å²) in [4.78, 5) is 11.8. The largest absolute Gasteiger partial charge is 0.494 e. The van der Waals surface area contributed by atoms with E-state index in [1.54, 1.807) is 0 Å². The lowest BCUT2D eigenvalue weighted by atomic mass is 10.1. The van der Waals surface area contributed by atoms with Crippen LogP contribution >= 0.6 is 12.4 Å². The fraction of sp³-hybridized carbons (Fsp3) is 0.588. The van der Waals surface area contributed by atoms with Crippen molar-refractivity contribution >= 4 is 18.3 Å². The molecule has 1 aromatic carbocycles. The second kappa shape index (κ2) is 10.5. The molecule has 22 heavy (non-hydrogen) atoms. The molecule has 5 heteroatoms. The van der Waals surface area contributed by atoms with Crippen LogP contribution in [-0.4, -0.2) is 31.6 Å². The number of ether oxygens (including phenoxy) is 1.